The molecule has 1 aromatic rings. The van der Waals surface area contributed by atoms with E-state index in [1.54, 1.807) is 0 Å². The van der Waals surface area contributed by atoms with Gasteiger partial charge in [0.2, 0.25) is 0 Å². The Morgan fingerprint density at radius 3 is 2.36 bits per heavy atom. The topological polar surface area (TPSA) is 66.5 Å². The Balaban J connectivity index is 3.19. The van der Waals surface area contributed by atoms with E-state index in [1.807, 2.05) is 0 Å². The summed E-state index contributed by atoms with van der Waals surface area (Å²) in [6, 6.07) is 3.35. The quantitative estimate of drug-likeness (QED) is 0.683. The number of hydrogen-bond acceptors (Lipinski definition) is 3. The SMILES string of the molecule is CC(N)(c1ccc(O)cc1O)C(F)F. The van der Waals surface area contributed by atoms with Crippen molar-refractivity contribution >= 4 is 0 Å². The molecule has 0 amide bonds. The fraction of sp³-hybridized carbons (Fsp3) is 0.333. The van der Waals surface area contributed by atoms with Crippen molar-refractivity contribution in [3.63, 3.8) is 0 Å². The van der Waals surface area contributed by atoms with Gasteiger partial charge in [0.1, 0.15) is 17.0 Å². The molecule has 0 radical (unpaired) electrons. The molecule has 0 spiro atoms. The van der Waals surface area contributed by atoms with Gasteiger partial charge in [-0.25, -0.2) is 8.78 Å². The van der Waals surface area contributed by atoms with Crippen LogP contribution in [-0.2, 0) is 5.54 Å². The Kier molecular flexibility index (Phi) is 2.62. The van der Waals surface area contributed by atoms with Gasteiger partial charge < -0.3 is 15.9 Å². The summed E-state index contributed by atoms with van der Waals surface area (Å²) in [5.41, 5.74) is 3.33. The van der Waals surface area contributed by atoms with E-state index in [2.05, 4.69) is 0 Å². The number of benzene rings is 1. The molecule has 0 heterocycles. The number of halogens is 2. The molecule has 1 aromatic carbocycles. The lowest BCUT2D eigenvalue weighted by molar-refractivity contribution is 0.0610. The number of rotatable bonds is 2. The van der Waals surface area contributed by atoms with Crippen LogP contribution in [0.3, 0.4) is 0 Å². The smallest absolute Gasteiger partial charge is 0.260 e. The lowest BCUT2D eigenvalue weighted by Gasteiger charge is -2.24. The lowest BCUT2D eigenvalue weighted by atomic mass is 9.93. The standard InChI is InChI=1S/C9H11F2NO2/c1-9(12,8(10)11)6-3-2-5(13)4-7(6)14/h2-4,8,13-14H,12H2,1H3. The second kappa shape index (κ2) is 3.42. The van der Waals surface area contributed by atoms with Crippen molar-refractivity contribution in [2.75, 3.05) is 0 Å². The van der Waals surface area contributed by atoms with E-state index < -0.39 is 17.7 Å². The molecule has 5 heteroatoms. The normalized spacial score (nSPS) is 15.5. The highest BCUT2D eigenvalue weighted by molar-refractivity contribution is 5.43. The van der Waals surface area contributed by atoms with E-state index in [0.717, 1.165) is 13.0 Å². The molecule has 1 unspecified atom stereocenters. The molecule has 1 rings (SSSR count). The molecule has 14 heavy (non-hydrogen) atoms. The first-order chi connectivity index (χ1) is 6.35. The van der Waals surface area contributed by atoms with Crippen molar-refractivity contribution in [1.82, 2.24) is 0 Å². The molecule has 4 N–H and O–H groups in total. The monoisotopic (exact) mass is 203 g/mol. The Morgan fingerprint density at radius 1 is 1.36 bits per heavy atom. The second-order valence-electron chi connectivity index (χ2n) is 3.28. The van der Waals surface area contributed by atoms with Crippen molar-refractivity contribution < 1.29 is 19.0 Å². The summed E-state index contributed by atoms with van der Waals surface area (Å²) in [5.74, 6) is -0.633. The summed E-state index contributed by atoms with van der Waals surface area (Å²) < 4.78 is 25.0. The highest BCUT2D eigenvalue weighted by atomic mass is 19.3. The van der Waals surface area contributed by atoms with Gasteiger partial charge in [0.25, 0.3) is 6.43 Å². The minimum atomic E-state index is -2.79. The number of hydrogen-bond donors (Lipinski definition) is 3. The van der Waals surface area contributed by atoms with Crippen molar-refractivity contribution in [2.24, 2.45) is 5.73 Å². The average molecular weight is 203 g/mol. The first kappa shape index (κ1) is 10.7. The lowest BCUT2D eigenvalue weighted by Crippen LogP contribution is -2.40. The van der Waals surface area contributed by atoms with Crippen LogP contribution in [0, 0.1) is 0 Å². The van der Waals surface area contributed by atoms with Gasteiger partial charge in [-0.3, -0.25) is 0 Å². The van der Waals surface area contributed by atoms with Crippen molar-refractivity contribution in [3.05, 3.63) is 23.8 Å². The van der Waals surface area contributed by atoms with Gasteiger partial charge in [-0.1, -0.05) is 0 Å². The summed E-state index contributed by atoms with van der Waals surface area (Å²) in [6.07, 6.45) is -2.79. The number of phenolic OH excluding ortho intramolecular Hbond substituents is 2. The summed E-state index contributed by atoms with van der Waals surface area (Å²) in [5, 5.41) is 18.3. The molecular weight excluding hydrogens is 192 g/mol. The van der Waals surface area contributed by atoms with Crippen LogP contribution in [0.15, 0.2) is 18.2 Å². The minimum Gasteiger partial charge on any atom is -0.508 e. The summed E-state index contributed by atoms with van der Waals surface area (Å²) in [4.78, 5) is 0. The van der Waals surface area contributed by atoms with Gasteiger partial charge in [0.05, 0.1) is 0 Å². The zero-order chi connectivity index (χ0) is 10.9. The van der Waals surface area contributed by atoms with Crippen LogP contribution in [0.25, 0.3) is 0 Å². The third kappa shape index (κ3) is 1.77. The summed E-state index contributed by atoms with van der Waals surface area (Å²) in [7, 11) is 0. The predicted molar refractivity (Wildman–Crippen MR) is 47.3 cm³/mol. The van der Waals surface area contributed by atoms with Crippen LogP contribution in [-0.4, -0.2) is 16.6 Å². The summed E-state index contributed by atoms with van der Waals surface area (Å²) in [6.45, 7) is 1.11. The van der Waals surface area contributed by atoms with Crippen molar-refractivity contribution in [3.8, 4) is 11.5 Å². The van der Waals surface area contributed by atoms with E-state index in [1.165, 1.54) is 12.1 Å². The molecule has 3 nitrogen and oxygen atoms in total. The predicted octanol–water partition coefficient (Wildman–Crippen LogP) is 1.54. The first-order valence-electron chi connectivity index (χ1n) is 3.95. The maximum atomic E-state index is 12.5. The fourth-order valence-electron chi connectivity index (χ4n) is 1.09. The molecule has 0 bridgehead atoms. The zero-order valence-electron chi connectivity index (χ0n) is 7.54. The Morgan fingerprint density at radius 2 is 1.93 bits per heavy atom. The van der Waals surface area contributed by atoms with E-state index in [9.17, 15) is 13.9 Å². The maximum absolute atomic E-state index is 12.5. The van der Waals surface area contributed by atoms with Crippen LogP contribution in [0.1, 0.15) is 12.5 Å². The minimum absolute atomic E-state index is 0.0923. The summed E-state index contributed by atoms with van der Waals surface area (Å²) >= 11 is 0. The molecule has 0 aliphatic rings. The highest BCUT2D eigenvalue weighted by Crippen LogP contribution is 2.33. The Hall–Kier alpha value is -1.36. The van der Waals surface area contributed by atoms with E-state index in [4.69, 9.17) is 10.8 Å². The van der Waals surface area contributed by atoms with Crippen LogP contribution in [0.4, 0.5) is 8.78 Å². The van der Waals surface area contributed by atoms with Crippen LogP contribution in [0.5, 0.6) is 11.5 Å². The molecule has 0 saturated carbocycles. The van der Waals surface area contributed by atoms with Crippen molar-refractivity contribution in [1.29, 1.82) is 0 Å². The van der Waals surface area contributed by atoms with E-state index >= 15 is 0 Å². The van der Waals surface area contributed by atoms with Crippen molar-refractivity contribution in [2.45, 2.75) is 18.9 Å². The molecule has 1 atom stereocenters. The van der Waals surface area contributed by atoms with E-state index in [0.29, 0.717) is 0 Å². The molecule has 0 aromatic heterocycles. The molecule has 0 aliphatic carbocycles. The number of alkyl halides is 2. The second-order valence-corrected chi connectivity index (χ2v) is 3.28. The number of nitrogens with two attached hydrogens (primary N) is 1. The van der Waals surface area contributed by atoms with Gasteiger partial charge >= 0.3 is 0 Å². The van der Waals surface area contributed by atoms with Gasteiger partial charge in [-0.05, 0) is 19.1 Å². The molecule has 78 valence electrons. The third-order valence-electron chi connectivity index (χ3n) is 2.01. The zero-order valence-corrected chi connectivity index (χ0v) is 7.54. The van der Waals surface area contributed by atoms with Gasteiger partial charge in [-0.2, -0.15) is 0 Å². The number of aromatic hydroxyl groups is 2. The highest BCUT2D eigenvalue weighted by Gasteiger charge is 2.34. The Bertz CT molecular complexity index is 340. The number of phenols is 2. The maximum Gasteiger partial charge on any atom is 0.260 e. The Labute approximate surface area is 79.8 Å². The van der Waals surface area contributed by atoms with Gasteiger partial charge in [-0.15, -0.1) is 0 Å². The van der Waals surface area contributed by atoms with Gasteiger partial charge in [0.15, 0.2) is 0 Å². The molecule has 0 fully saturated rings. The fourth-order valence-corrected chi connectivity index (χ4v) is 1.09. The molecule has 0 aliphatic heterocycles. The van der Waals surface area contributed by atoms with Gasteiger partial charge in [0, 0.05) is 11.6 Å². The van der Waals surface area contributed by atoms with Crippen LogP contribution < -0.4 is 5.73 Å². The average Bonchev–Trinajstić information content (AvgIpc) is 2.02. The molecular formula is C9H11F2NO2. The van der Waals surface area contributed by atoms with Crippen LogP contribution in [0.2, 0.25) is 0 Å². The van der Waals surface area contributed by atoms with Crippen LogP contribution >= 0.6 is 0 Å². The third-order valence-corrected chi connectivity index (χ3v) is 2.01. The largest absolute Gasteiger partial charge is 0.508 e. The molecule has 0 saturated heterocycles. The first-order valence-corrected chi connectivity index (χ1v) is 3.95. The van der Waals surface area contributed by atoms with E-state index in [-0.39, 0.29) is 11.3 Å².